The molecule has 0 unspecified atom stereocenters. The minimum atomic E-state index is -4.25. The number of likely N-dealkylation sites (tertiary alicyclic amines) is 1. The molecule has 2 aliphatic heterocycles. The molecule has 31 heavy (non-hydrogen) atoms. The summed E-state index contributed by atoms with van der Waals surface area (Å²) in [5.41, 5.74) is 1.85. The fourth-order valence-electron chi connectivity index (χ4n) is 4.83. The molecular weight excluding hydrogens is 405 g/mol. The fourth-order valence-corrected chi connectivity index (χ4v) is 4.83. The first-order chi connectivity index (χ1) is 15.0. The molecule has 0 aliphatic carbocycles. The molecule has 4 heterocycles. The van der Waals surface area contributed by atoms with Gasteiger partial charge in [-0.05, 0) is 43.9 Å². The van der Waals surface area contributed by atoms with E-state index in [-0.39, 0.29) is 6.10 Å². The van der Waals surface area contributed by atoms with E-state index in [0.717, 1.165) is 50.8 Å². The van der Waals surface area contributed by atoms with Crippen LogP contribution < -0.4 is 4.74 Å². The number of rotatable bonds is 5. The number of benzene rings is 1. The summed E-state index contributed by atoms with van der Waals surface area (Å²) in [4.78, 5) is 7.03. The van der Waals surface area contributed by atoms with Crippen LogP contribution in [0.2, 0.25) is 0 Å². The van der Waals surface area contributed by atoms with Crippen molar-refractivity contribution in [3.05, 3.63) is 48.2 Å². The number of halogens is 3. The lowest BCUT2D eigenvalue weighted by atomic mass is 10.1. The molecule has 8 heteroatoms. The maximum Gasteiger partial charge on any atom is 0.406 e. The Morgan fingerprint density at radius 2 is 1.90 bits per heavy atom. The highest BCUT2D eigenvalue weighted by atomic mass is 19.4. The van der Waals surface area contributed by atoms with Crippen LogP contribution in [0.3, 0.4) is 0 Å². The minimum Gasteiger partial charge on any atom is -0.490 e. The summed E-state index contributed by atoms with van der Waals surface area (Å²) in [6.07, 6.45) is 4.67. The number of nitrogens with zero attached hydrogens (tertiary/aromatic N) is 4. The van der Waals surface area contributed by atoms with Crippen LogP contribution in [0.5, 0.6) is 5.75 Å². The average molecular weight is 432 g/mol. The van der Waals surface area contributed by atoms with Gasteiger partial charge in [-0.2, -0.15) is 13.2 Å². The van der Waals surface area contributed by atoms with Gasteiger partial charge in [0.15, 0.2) is 0 Å². The van der Waals surface area contributed by atoms with Crippen molar-refractivity contribution >= 4 is 10.9 Å². The first-order valence-corrected chi connectivity index (χ1v) is 11.0. The van der Waals surface area contributed by atoms with Gasteiger partial charge in [-0.1, -0.05) is 6.07 Å². The molecule has 0 spiro atoms. The molecule has 5 nitrogen and oxygen atoms in total. The van der Waals surface area contributed by atoms with Crippen LogP contribution in [0, 0.1) is 0 Å². The lowest BCUT2D eigenvalue weighted by Crippen LogP contribution is -2.38. The van der Waals surface area contributed by atoms with Crippen molar-refractivity contribution in [2.45, 2.75) is 64.0 Å². The molecule has 5 rings (SSSR count). The number of ether oxygens (including phenoxy) is 1. The van der Waals surface area contributed by atoms with Gasteiger partial charge in [0.05, 0.1) is 11.2 Å². The second-order valence-electron chi connectivity index (χ2n) is 8.62. The van der Waals surface area contributed by atoms with Gasteiger partial charge < -0.3 is 13.9 Å². The van der Waals surface area contributed by atoms with Crippen molar-refractivity contribution in [2.24, 2.45) is 0 Å². The van der Waals surface area contributed by atoms with Crippen LogP contribution in [-0.2, 0) is 26.1 Å². The van der Waals surface area contributed by atoms with E-state index >= 15 is 0 Å². The summed E-state index contributed by atoms with van der Waals surface area (Å²) in [6.45, 7) is 2.88. The lowest BCUT2D eigenvalue weighted by Gasteiger charge is -2.32. The summed E-state index contributed by atoms with van der Waals surface area (Å²) >= 11 is 0. The predicted molar refractivity (Wildman–Crippen MR) is 112 cm³/mol. The third kappa shape index (κ3) is 4.44. The fraction of sp³-hybridized carbons (Fsp3) is 0.522. The molecule has 0 atom stereocenters. The summed E-state index contributed by atoms with van der Waals surface area (Å²) in [5.74, 6) is 1.88. The molecular formula is C23H27F3N4O. The van der Waals surface area contributed by atoms with E-state index in [2.05, 4.69) is 14.5 Å². The minimum absolute atomic E-state index is 0.0761. The smallest absolute Gasteiger partial charge is 0.406 e. The second-order valence-corrected chi connectivity index (χ2v) is 8.62. The zero-order valence-electron chi connectivity index (χ0n) is 17.4. The Morgan fingerprint density at radius 3 is 2.71 bits per heavy atom. The van der Waals surface area contributed by atoms with Crippen molar-refractivity contribution < 1.29 is 17.9 Å². The molecule has 1 saturated heterocycles. The Morgan fingerprint density at radius 1 is 1.06 bits per heavy atom. The molecule has 1 aromatic carbocycles. The molecule has 0 radical (unpaired) electrons. The Hall–Kier alpha value is -2.48. The number of aryl methyl sites for hydroxylation is 1. The van der Waals surface area contributed by atoms with Crippen LogP contribution in [0.4, 0.5) is 13.2 Å². The molecule has 1 fully saturated rings. The van der Waals surface area contributed by atoms with Crippen molar-refractivity contribution in [1.82, 2.24) is 19.0 Å². The first-order valence-electron chi connectivity index (χ1n) is 11.0. The van der Waals surface area contributed by atoms with Crippen molar-refractivity contribution in [3.63, 3.8) is 0 Å². The van der Waals surface area contributed by atoms with Gasteiger partial charge in [0.1, 0.15) is 24.2 Å². The quantitative estimate of drug-likeness (QED) is 0.582. The third-order valence-electron chi connectivity index (χ3n) is 6.39. The topological polar surface area (TPSA) is 35.2 Å². The highest BCUT2D eigenvalue weighted by molar-refractivity contribution is 5.86. The SMILES string of the molecule is FC(F)(F)Cn1ccc2c(OC3CCN(Cc4cnc5n4CCCC5)CC3)cccc21. The molecule has 0 N–H and O–H groups in total. The van der Waals surface area contributed by atoms with Crippen LogP contribution in [-0.4, -0.2) is 44.4 Å². The molecule has 3 aromatic rings. The van der Waals surface area contributed by atoms with Gasteiger partial charge in [-0.15, -0.1) is 0 Å². The highest BCUT2D eigenvalue weighted by Gasteiger charge is 2.29. The Labute approximate surface area is 179 Å². The number of aromatic nitrogens is 3. The predicted octanol–water partition coefficient (Wildman–Crippen LogP) is 4.78. The Bertz CT molecular complexity index is 1050. The number of piperidine rings is 1. The maximum absolute atomic E-state index is 12.8. The van der Waals surface area contributed by atoms with Gasteiger partial charge in [-0.3, -0.25) is 4.90 Å². The average Bonchev–Trinajstić information content (AvgIpc) is 3.34. The molecule has 0 bridgehead atoms. The van der Waals surface area contributed by atoms with Gasteiger partial charge in [-0.25, -0.2) is 4.98 Å². The highest BCUT2D eigenvalue weighted by Crippen LogP contribution is 2.31. The zero-order valence-corrected chi connectivity index (χ0v) is 17.4. The number of hydrogen-bond acceptors (Lipinski definition) is 3. The number of alkyl halides is 3. The van der Waals surface area contributed by atoms with Crippen LogP contribution in [0.25, 0.3) is 10.9 Å². The molecule has 166 valence electrons. The molecule has 0 amide bonds. The van der Waals surface area contributed by atoms with Crippen molar-refractivity contribution in [2.75, 3.05) is 13.1 Å². The third-order valence-corrected chi connectivity index (χ3v) is 6.39. The second kappa shape index (κ2) is 8.22. The van der Waals surface area contributed by atoms with E-state index in [1.807, 2.05) is 12.3 Å². The summed E-state index contributed by atoms with van der Waals surface area (Å²) in [6, 6.07) is 7.05. The lowest BCUT2D eigenvalue weighted by molar-refractivity contribution is -0.139. The van der Waals surface area contributed by atoms with E-state index in [9.17, 15) is 13.2 Å². The van der Waals surface area contributed by atoms with Crippen LogP contribution in [0.15, 0.2) is 36.7 Å². The van der Waals surface area contributed by atoms with Gasteiger partial charge in [0.2, 0.25) is 0 Å². The monoisotopic (exact) mass is 432 g/mol. The molecule has 2 aliphatic rings. The number of fused-ring (bicyclic) bond motifs is 2. The van der Waals surface area contributed by atoms with Crippen molar-refractivity contribution in [1.29, 1.82) is 0 Å². The van der Waals surface area contributed by atoms with Gasteiger partial charge in [0, 0.05) is 50.4 Å². The zero-order chi connectivity index (χ0) is 21.4. The Balaban J connectivity index is 1.21. The standard InChI is InChI=1S/C23H27F3N4O/c24-23(25,26)16-29-13-9-19-20(29)4-3-5-21(19)31-18-7-11-28(12-8-18)15-17-14-27-22-6-1-2-10-30(17)22/h3-5,9,13-14,18H,1-2,6-8,10-12,15-16H2. The van der Waals surface area contributed by atoms with Gasteiger partial charge in [0.25, 0.3) is 0 Å². The summed E-state index contributed by atoms with van der Waals surface area (Å²) < 4.78 is 48.3. The van der Waals surface area contributed by atoms with E-state index < -0.39 is 12.7 Å². The van der Waals surface area contributed by atoms with E-state index in [1.54, 1.807) is 18.2 Å². The van der Waals surface area contributed by atoms with E-state index in [1.165, 1.54) is 35.1 Å². The van der Waals surface area contributed by atoms with Gasteiger partial charge >= 0.3 is 6.18 Å². The Kier molecular flexibility index (Phi) is 5.42. The molecule has 2 aromatic heterocycles. The van der Waals surface area contributed by atoms with Crippen LogP contribution in [0.1, 0.15) is 37.2 Å². The summed E-state index contributed by atoms with van der Waals surface area (Å²) in [7, 11) is 0. The van der Waals surface area contributed by atoms with Crippen LogP contribution >= 0.6 is 0 Å². The first kappa shape index (κ1) is 20.4. The largest absolute Gasteiger partial charge is 0.490 e. The van der Waals surface area contributed by atoms with Crippen molar-refractivity contribution in [3.8, 4) is 5.75 Å². The van der Waals surface area contributed by atoms with E-state index in [0.29, 0.717) is 11.3 Å². The maximum atomic E-state index is 12.8. The van der Waals surface area contributed by atoms with E-state index in [4.69, 9.17) is 4.74 Å². The number of hydrogen-bond donors (Lipinski definition) is 0. The summed E-state index contributed by atoms with van der Waals surface area (Å²) in [5, 5.41) is 0.736. The molecule has 0 saturated carbocycles. The number of imidazole rings is 1. The normalized spacial score (nSPS) is 18.4.